The van der Waals surface area contributed by atoms with Crippen molar-refractivity contribution in [2.45, 2.75) is 70.5 Å². The van der Waals surface area contributed by atoms with E-state index in [1.165, 1.54) is 0 Å². The zero-order chi connectivity index (χ0) is 15.8. The largest absolute Gasteiger partial charge is 0.598 e. The van der Waals surface area contributed by atoms with Crippen molar-refractivity contribution in [2.24, 2.45) is 5.41 Å². The van der Waals surface area contributed by atoms with E-state index in [-0.39, 0.29) is 28.4 Å². The van der Waals surface area contributed by atoms with Gasteiger partial charge >= 0.3 is 0 Å². The second-order valence-electron chi connectivity index (χ2n) is 7.53. The van der Waals surface area contributed by atoms with E-state index in [1.54, 1.807) is 0 Å². The third-order valence-electron chi connectivity index (χ3n) is 4.73. The molecule has 2 fully saturated rings. The molecule has 4 atom stereocenters. The van der Waals surface area contributed by atoms with E-state index in [2.05, 4.69) is 23.5 Å². The quantitative estimate of drug-likeness (QED) is 0.619. The summed E-state index contributed by atoms with van der Waals surface area (Å²) in [6.45, 7) is 16.2. The molecule has 0 aromatic carbocycles. The molecule has 21 heavy (non-hydrogen) atoms. The first-order chi connectivity index (χ1) is 9.68. The monoisotopic (exact) mass is 314 g/mol. The lowest BCUT2D eigenvalue weighted by Crippen LogP contribution is -2.57. The molecule has 1 spiro atoms. The Bertz CT molecular complexity index is 388. The average molecular weight is 314 g/mol. The maximum Gasteiger partial charge on any atom is 0.136 e. The maximum absolute atomic E-state index is 12.6. The summed E-state index contributed by atoms with van der Waals surface area (Å²) in [6, 6.07) is 0.112. The van der Waals surface area contributed by atoms with Crippen molar-refractivity contribution in [1.82, 2.24) is 10.0 Å². The summed E-state index contributed by atoms with van der Waals surface area (Å²) in [5.41, 5.74) is 1.09. The van der Waals surface area contributed by atoms with Gasteiger partial charge in [0.2, 0.25) is 0 Å². The van der Waals surface area contributed by atoms with Crippen molar-refractivity contribution in [2.75, 3.05) is 13.1 Å². The molecule has 2 aliphatic heterocycles. The standard InChI is InChI=1S/C16H30N2O2S/c1-11(2)14-16(7-9-17-10-8-16)13(12(3)20-14)18-21(19)15(4,5)6/h12-14,17-18H,1,7-10H2,2-6H3/t12-,13+,14?,21?/m0/s1. The third-order valence-corrected chi connectivity index (χ3v) is 6.31. The van der Waals surface area contributed by atoms with Crippen LogP contribution in [0.5, 0.6) is 0 Å². The van der Waals surface area contributed by atoms with Crippen molar-refractivity contribution >= 4 is 11.4 Å². The topological polar surface area (TPSA) is 56.3 Å². The fourth-order valence-corrected chi connectivity index (χ4v) is 4.65. The van der Waals surface area contributed by atoms with Gasteiger partial charge in [0.05, 0.1) is 18.2 Å². The highest BCUT2D eigenvalue weighted by molar-refractivity contribution is 7.90. The Balaban J connectivity index is 2.26. The Morgan fingerprint density at radius 1 is 1.38 bits per heavy atom. The molecule has 2 N–H and O–H groups in total. The molecule has 0 bridgehead atoms. The minimum Gasteiger partial charge on any atom is -0.598 e. The lowest BCUT2D eigenvalue weighted by molar-refractivity contribution is 0.0325. The zero-order valence-electron chi connectivity index (χ0n) is 14.0. The Hall–Kier alpha value is -0.0700. The molecule has 2 rings (SSSR count). The highest BCUT2D eigenvalue weighted by Gasteiger charge is 2.57. The molecule has 0 amide bonds. The van der Waals surface area contributed by atoms with Crippen molar-refractivity contribution in [3.63, 3.8) is 0 Å². The summed E-state index contributed by atoms with van der Waals surface area (Å²) in [6.07, 6.45) is 2.18. The zero-order valence-corrected chi connectivity index (χ0v) is 14.8. The van der Waals surface area contributed by atoms with Crippen LogP contribution >= 0.6 is 0 Å². The van der Waals surface area contributed by atoms with Gasteiger partial charge in [-0.1, -0.05) is 12.2 Å². The van der Waals surface area contributed by atoms with Crippen molar-refractivity contribution in [3.05, 3.63) is 12.2 Å². The van der Waals surface area contributed by atoms with E-state index < -0.39 is 11.4 Å². The van der Waals surface area contributed by atoms with Crippen molar-refractivity contribution in [1.29, 1.82) is 0 Å². The first-order valence-electron chi connectivity index (χ1n) is 7.88. The second kappa shape index (κ2) is 6.20. The molecule has 122 valence electrons. The second-order valence-corrected chi connectivity index (χ2v) is 9.53. The number of hydrogen-bond acceptors (Lipinski definition) is 4. The van der Waals surface area contributed by atoms with Gasteiger partial charge in [-0.25, -0.2) is 0 Å². The number of piperidine rings is 1. The Morgan fingerprint density at radius 2 is 1.95 bits per heavy atom. The van der Waals surface area contributed by atoms with Crippen LogP contribution in [-0.4, -0.2) is 40.6 Å². The Morgan fingerprint density at radius 3 is 2.43 bits per heavy atom. The van der Waals surface area contributed by atoms with E-state index in [0.717, 1.165) is 31.5 Å². The molecule has 2 aliphatic rings. The van der Waals surface area contributed by atoms with Gasteiger partial charge in [0.15, 0.2) is 0 Å². The van der Waals surface area contributed by atoms with Crippen LogP contribution in [-0.2, 0) is 16.1 Å². The first-order valence-corrected chi connectivity index (χ1v) is 9.03. The normalized spacial score (nSPS) is 34.1. The van der Waals surface area contributed by atoms with Crippen LogP contribution < -0.4 is 10.0 Å². The number of nitrogens with one attached hydrogen (secondary N) is 2. The Kier molecular flexibility index (Phi) is 5.11. The predicted molar refractivity (Wildman–Crippen MR) is 88.5 cm³/mol. The van der Waals surface area contributed by atoms with Crippen molar-refractivity contribution in [3.8, 4) is 0 Å². The maximum atomic E-state index is 12.6. The van der Waals surface area contributed by atoms with E-state index in [9.17, 15) is 4.55 Å². The van der Waals surface area contributed by atoms with Crippen LogP contribution in [0.2, 0.25) is 0 Å². The average Bonchev–Trinajstić information content (AvgIpc) is 2.64. The number of hydrogen-bond donors (Lipinski definition) is 2. The van der Waals surface area contributed by atoms with Gasteiger partial charge in [-0.3, -0.25) is 0 Å². The third kappa shape index (κ3) is 3.32. The lowest BCUT2D eigenvalue weighted by atomic mass is 9.68. The van der Waals surface area contributed by atoms with Crippen LogP contribution in [0.3, 0.4) is 0 Å². The summed E-state index contributed by atoms with van der Waals surface area (Å²) >= 11 is -1.08. The minimum atomic E-state index is -1.08. The van der Waals surface area contributed by atoms with Crippen LogP contribution in [0.1, 0.15) is 47.5 Å². The van der Waals surface area contributed by atoms with Gasteiger partial charge in [0.1, 0.15) is 4.75 Å². The highest BCUT2D eigenvalue weighted by Crippen LogP contribution is 2.48. The van der Waals surface area contributed by atoms with Crippen LogP contribution in [0.4, 0.5) is 0 Å². The van der Waals surface area contributed by atoms with E-state index in [1.807, 2.05) is 27.7 Å². The molecular weight excluding hydrogens is 284 g/mol. The van der Waals surface area contributed by atoms with Gasteiger partial charge in [0.25, 0.3) is 0 Å². The highest BCUT2D eigenvalue weighted by atomic mass is 32.2. The smallest absolute Gasteiger partial charge is 0.136 e. The number of rotatable bonds is 3. The predicted octanol–water partition coefficient (Wildman–Crippen LogP) is 2.14. The minimum absolute atomic E-state index is 0.0113. The van der Waals surface area contributed by atoms with Gasteiger partial charge in [-0.2, -0.15) is 0 Å². The SMILES string of the molecule is C=C(C)C1O[C@@H](C)[C@@H](N[S+]([O-])C(C)(C)C)C12CCNCC2. The fraction of sp³-hybridized carbons (Fsp3) is 0.875. The fourth-order valence-electron chi connectivity index (χ4n) is 3.64. The van der Waals surface area contributed by atoms with Gasteiger partial charge in [0, 0.05) is 16.8 Å². The summed E-state index contributed by atoms with van der Waals surface area (Å²) in [7, 11) is 0. The summed E-state index contributed by atoms with van der Waals surface area (Å²) in [4.78, 5) is 0. The molecule has 2 heterocycles. The van der Waals surface area contributed by atoms with Gasteiger partial charge < -0.3 is 14.6 Å². The Labute approximate surface area is 132 Å². The summed E-state index contributed by atoms with van der Waals surface area (Å²) < 4.78 is 21.9. The van der Waals surface area contributed by atoms with Crippen LogP contribution in [0.15, 0.2) is 12.2 Å². The summed E-state index contributed by atoms with van der Waals surface area (Å²) in [5, 5.41) is 3.43. The molecule has 0 aromatic heterocycles. The molecule has 0 aliphatic carbocycles. The molecule has 0 radical (unpaired) electrons. The van der Waals surface area contributed by atoms with E-state index >= 15 is 0 Å². The van der Waals surface area contributed by atoms with Gasteiger partial charge in [-0.15, -0.1) is 4.72 Å². The lowest BCUT2D eigenvalue weighted by Gasteiger charge is -2.43. The molecule has 5 heteroatoms. The van der Waals surface area contributed by atoms with Crippen LogP contribution in [0.25, 0.3) is 0 Å². The molecule has 0 saturated carbocycles. The molecule has 4 nitrogen and oxygen atoms in total. The van der Waals surface area contributed by atoms with Crippen LogP contribution in [0, 0.1) is 5.41 Å². The molecule has 0 aromatic rings. The van der Waals surface area contributed by atoms with Crippen molar-refractivity contribution < 1.29 is 9.29 Å². The first kappa shape index (κ1) is 17.3. The van der Waals surface area contributed by atoms with E-state index in [4.69, 9.17) is 4.74 Å². The molecule has 2 saturated heterocycles. The van der Waals surface area contributed by atoms with E-state index in [0.29, 0.717) is 0 Å². The van der Waals surface area contributed by atoms with Gasteiger partial charge in [-0.05, 0) is 60.5 Å². The summed E-state index contributed by atoms with van der Waals surface area (Å²) in [5.74, 6) is 0. The molecule has 2 unspecified atom stereocenters. The number of ether oxygens (including phenoxy) is 1. The molecular formula is C16H30N2O2S.